The zero-order valence-corrected chi connectivity index (χ0v) is 25.2. The van der Waals surface area contributed by atoms with Gasteiger partial charge in [0.2, 0.25) is 11.8 Å². The number of sulfonamides is 1. The lowest BCUT2D eigenvalue weighted by Gasteiger charge is -2.33. The maximum absolute atomic E-state index is 14.1. The van der Waals surface area contributed by atoms with Gasteiger partial charge in [-0.15, -0.1) is 0 Å². The number of nitrogens with one attached hydrogen (secondary N) is 1. The van der Waals surface area contributed by atoms with Crippen molar-refractivity contribution in [1.82, 2.24) is 10.2 Å². The van der Waals surface area contributed by atoms with Crippen LogP contribution in [-0.2, 0) is 26.2 Å². The summed E-state index contributed by atoms with van der Waals surface area (Å²) >= 11 is 0. The normalized spacial score (nSPS) is 12.3. The molecular weight excluding hydrogens is 541 g/mol. The van der Waals surface area contributed by atoms with E-state index in [-0.39, 0.29) is 29.2 Å². The third kappa shape index (κ3) is 8.39. The minimum Gasteiger partial charge on any atom is -0.354 e. The molecule has 0 aromatic heterocycles. The Hall–Kier alpha value is -3.72. The largest absolute Gasteiger partial charge is 0.354 e. The Bertz CT molecular complexity index is 1390. The molecule has 9 heteroatoms. The van der Waals surface area contributed by atoms with Crippen LogP contribution < -0.4 is 9.62 Å². The van der Waals surface area contributed by atoms with E-state index < -0.39 is 34.3 Å². The Morgan fingerprint density at radius 2 is 1.49 bits per heavy atom. The molecule has 0 aliphatic carbocycles. The number of nitrogens with zero attached hydrogens (tertiary/aromatic N) is 2. The summed E-state index contributed by atoms with van der Waals surface area (Å²) in [6.45, 7) is 9.75. The predicted molar refractivity (Wildman–Crippen MR) is 160 cm³/mol. The summed E-state index contributed by atoms with van der Waals surface area (Å²) in [4.78, 5) is 28.7. The molecular formula is C32H40FN3O4S. The van der Waals surface area contributed by atoms with E-state index in [2.05, 4.69) is 5.32 Å². The Morgan fingerprint density at radius 3 is 2.02 bits per heavy atom. The predicted octanol–water partition coefficient (Wildman–Crippen LogP) is 5.72. The molecule has 3 aromatic carbocycles. The van der Waals surface area contributed by atoms with Gasteiger partial charge in [-0.05, 0) is 65.8 Å². The molecule has 3 aromatic rings. The number of hydrogen-bond donors (Lipinski definition) is 1. The summed E-state index contributed by atoms with van der Waals surface area (Å²) in [5.74, 6) is -0.842. The molecule has 2 amide bonds. The van der Waals surface area contributed by atoms with Crippen molar-refractivity contribution in [2.24, 2.45) is 5.92 Å². The summed E-state index contributed by atoms with van der Waals surface area (Å²) in [6, 6.07) is 19.9. The maximum atomic E-state index is 14.1. The summed E-state index contributed by atoms with van der Waals surface area (Å²) < 4.78 is 42.5. The second-order valence-electron chi connectivity index (χ2n) is 10.8. The third-order valence-corrected chi connectivity index (χ3v) is 8.58. The van der Waals surface area contributed by atoms with Crippen LogP contribution in [0.5, 0.6) is 0 Å². The van der Waals surface area contributed by atoms with Gasteiger partial charge in [-0.2, -0.15) is 0 Å². The molecule has 41 heavy (non-hydrogen) atoms. The van der Waals surface area contributed by atoms with Gasteiger partial charge in [0.1, 0.15) is 18.4 Å². The number of benzene rings is 3. The molecule has 1 N–H and O–H groups in total. The molecule has 1 unspecified atom stereocenters. The highest BCUT2D eigenvalue weighted by Crippen LogP contribution is 2.27. The standard InChI is InChI=1S/C32H40FN3O4S/c1-6-30(32(38)34-20-23(2)3)35(21-25-12-16-27(33)17-13-25)31(37)22-36(28-18-14-26(15-19-28)24(4)5)41(39,40)29-10-8-7-9-11-29/h7-19,23-24,30H,6,20-22H2,1-5H3,(H,34,38). The van der Waals surface area contributed by atoms with Crippen LogP contribution in [0, 0.1) is 11.7 Å². The maximum Gasteiger partial charge on any atom is 0.264 e. The highest BCUT2D eigenvalue weighted by molar-refractivity contribution is 7.92. The van der Waals surface area contributed by atoms with Crippen LogP contribution in [0.3, 0.4) is 0 Å². The average molecular weight is 582 g/mol. The van der Waals surface area contributed by atoms with Crippen molar-refractivity contribution in [2.45, 2.75) is 64.4 Å². The number of amides is 2. The fraction of sp³-hybridized carbons (Fsp3) is 0.375. The molecule has 1 atom stereocenters. The lowest BCUT2D eigenvalue weighted by Crippen LogP contribution is -2.52. The summed E-state index contributed by atoms with van der Waals surface area (Å²) in [6.07, 6.45) is 0.311. The number of rotatable bonds is 13. The smallest absolute Gasteiger partial charge is 0.264 e. The van der Waals surface area contributed by atoms with E-state index in [1.54, 1.807) is 49.4 Å². The molecule has 7 nitrogen and oxygen atoms in total. The van der Waals surface area contributed by atoms with Gasteiger partial charge < -0.3 is 10.2 Å². The van der Waals surface area contributed by atoms with Gasteiger partial charge in [-0.1, -0.05) is 77.1 Å². The number of carbonyl (C=O) groups excluding carboxylic acids is 2. The van der Waals surface area contributed by atoms with Crippen molar-refractivity contribution in [1.29, 1.82) is 0 Å². The molecule has 0 aliphatic rings. The van der Waals surface area contributed by atoms with E-state index in [0.29, 0.717) is 24.2 Å². The second kappa shape index (κ2) is 14.3. The van der Waals surface area contributed by atoms with Crippen molar-refractivity contribution >= 4 is 27.5 Å². The minimum absolute atomic E-state index is 0.0121. The molecule has 0 radical (unpaired) electrons. The van der Waals surface area contributed by atoms with Crippen molar-refractivity contribution in [2.75, 3.05) is 17.4 Å². The van der Waals surface area contributed by atoms with Crippen molar-refractivity contribution in [3.05, 3.63) is 95.8 Å². The average Bonchev–Trinajstić information content (AvgIpc) is 2.96. The summed E-state index contributed by atoms with van der Waals surface area (Å²) in [5.41, 5.74) is 1.99. The number of halogens is 1. The molecule has 0 aliphatic heterocycles. The van der Waals surface area contributed by atoms with Crippen LogP contribution in [0.2, 0.25) is 0 Å². The van der Waals surface area contributed by atoms with Crippen LogP contribution in [-0.4, -0.2) is 44.3 Å². The first-order chi connectivity index (χ1) is 19.4. The minimum atomic E-state index is -4.13. The molecule has 220 valence electrons. The first-order valence-electron chi connectivity index (χ1n) is 13.9. The molecule has 3 rings (SSSR count). The third-order valence-electron chi connectivity index (χ3n) is 6.79. The molecule has 0 fully saturated rings. The van der Waals surface area contributed by atoms with Crippen molar-refractivity contribution in [3.8, 4) is 0 Å². The van der Waals surface area contributed by atoms with E-state index >= 15 is 0 Å². The zero-order chi connectivity index (χ0) is 30.2. The lowest BCUT2D eigenvalue weighted by molar-refractivity contribution is -0.140. The van der Waals surface area contributed by atoms with Crippen molar-refractivity contribution in [3.63, 3.8) is 0 Å². The van der Waals surface area contributed by atoms with Gasteiger partial charge in [-0.3, -0.25) is 13.9 Å². The van der Waals surface area contributed by atoms with E-state index in [1.165, 1.54) is 29.2 Å². The number of anilines is 1. The van der Waals surface area contributed by atoms with Crippen molar-refractivity contribution < 1.29 is 22.4 Å². The highest BCUT2D eigenvalue weighted by atomic mass is 32.2. The van der Waals surface area contributed by atoms with Gasteiger partial charge in [0.05, 0.1) is 10.6 Å². The first kappa shape index (κ1) is 31.8. The van der Waals surface area contributed by atoms with Crippen LogP contribution in [0.15, 0.2) is 83.8 Å². The zero-order valence-electron chi connectivity index (χ0n) is 24.4. The monoisotopic (exact) mass is 581 g/mol. The summed E-state index contributed by atoms with van der Waals surface area (Å²) in [7, 11) is -4.13. The lowest BCUT2D eigenvalue weighted by atomic mass is 10.0. The van der Waals surface area contributed by atoms with Gasteiger partial charge in [0.15, 0.2) is 0 Å². The van der Waals surface area contributed by atoms with E-state index in [4.69, 9.17) is 0 Å². The van der Waals surface area contributed by atoms with Gasteiger partial charge >= 0.3 is 0 Å². The Balaban J connectivity index is 2.04. The van der Waals surface area contributed by atoms with E-state index in [1.807, 2.05) is 39.8 Å². The topological polar surface area (TPSA) is 86.8 Å². The van der Waals surface area contributed by atoms with E-state index in [0.717, 1.165) is 9.87 Å². The van der Waals surface area contributed by atoms with E-state index in [9.17, 15) is 22.4 Å². The number of hydrogen-bond acceptors (Lipinski definition) is 4. The van der Waals surface area contributed by atoms with Crippen LogP contribution in [0.1, 0.15) is 58.1 Å². The summed E-state index contributed by atoms with van der Waals surface area (Å²) in [5, 5.41) is 2.90. The SMILES string of the molecule is CCC(C(=O)NCC(C)C)N(Cc1ccc(F)cc1)C(=O)CN(c1ccc(C(C)C)cc1)S(=O)(=O)c1ccccc1. The van der Waals surface area contributed by atoms with Gasteiger partial charge in [0.25, 0.3) is 10.0 Å². The van der Waals surface area contributed by atoms with Crippen LogP contribution in [0.25, 0.3) is 0 Å². The van der Waals surface area contributed by atoms with Gasteiger partial charge in [-0.25, -0.2) is 12.8 Å². The molecule has 0 bridgehead atoms. The first-order valence-corrected chi connectivity index (χ1v) is 15.4. The number of carbonyl (C=O) groups is 2. The van der Waals surface area contributed by atoms with Crippen LogP contribution in [0.4, 0.5) is 10.1 Å². The van der Waals surface area contributed by atoms with Crippen LogP contribution >= 0.6 is 0 Å². The fourth-order valence-electron chi connectivity index (χ4n) is 4.40. The Morgan fingerprint density at radius 1 is 0.878 bits per heavy atom. The molecule has 0 saturated heterocycles. The van der Waals surface area contributed by atoms with Gasteiger partial charge in [0, 0.05) is 13.1 Å². The fourth-order valence-corrected chi connectivity index (χ4v) is 5.84. The quantitative estimate of drug-likeness (QED) is 0.280. The highest BCUT2D eigenvalue weighted by Gasteiger charge is 2.33. The molecule has 0 saturated carbocycles. The second-order valence-corrected chi connectivity index (χ2v) is 12.6. The Kier molecular flexibility index (Phi) is 11.1. The Labute approximate surface area is 243 Å². The molecule has 0 spiro atoms. The molecule has 0 heterocycles.